The molecule has 0 saturated carbocycles. The number of benzene rings is 1. The molecule has 0 bridgehead atoms. The fourth-order valence-electron chi connectivity index (χ4n) is 4.01. The minimum Gasteiger partial charge on any atom is -0.493 e. The number of carbonyl (C=O) groups excluding carboxylic acids is 2. The van der Waals surface area contributed by atoms with Gasteiger partial charge in [0.1, 0.15) is 5.00 Å². The Morgan fingerprint density at radius 3 is 2.31 bits per heavy atom. The molecule has 7 nitrogen and oxygen atoms in total. The fraction of sp³-hybridized carbons (Fsp3) is 0.333. The molecule has 168 valence electrons. The van der Waals surface area contributed by atoms with E-state index in [2.05, 4.69) is 0 Å². The standard InChI is InChI=1S/C24H26N2O5S/c1-15-5-6-16(2)26(15)23-19(8-10-32-23)24(28)31-14-22(27)25-9-7-17-11-20(29-3)21(30-4)12-18(17)13-25/h5-6,8,10-12H,7,9,13-14H2,1-4H3. The maximum absolute atomic E-state index is 12.8. The smallest absolute Gasteiger partial charge is 0.341 e. The molecule has 1 aliphatic heterocycles. The maximum atomic E-state index is 12.8. The van der Waals surface area contributed by atoms with Gasteiger partial charge in [-0.15, -0.1) is 11.3 Å². The predicted octanol–water partition coefficient (Wildman–Crippen LogP) is 3.91. The van der Waals surface area contributed by atoms with E-state index in [-0.39, 0.29) is 12.5 Å². The average molecular weight is 455 g/mol. The SMILES string of the molecule is COc1cc2c(cc1OC)CN(C(=O)COC(=O)c1ccsc1-n1c(C)ccc1C)CC2. The van der Waals surface area contributed by atoms with Crippen LogP contribution in [0.2, 0.25) is 0 Å². The highest BCUT2D eigenvalue weighted by Crippen LogP contribution is 2.33. The normalized spacial score (nSPS) is 12.9. The van der Waals surface area contributed by atoms with Gasteiger partial charge in [0.25, 0.3) is 5.91 Å². The molecule has 0 N–H and O–H groups in total. The molecule has 0 radical (unpaired) electrons. The summed E-state index contributed by atoms with van der Waals surface area (Å²) in [7, 11) is 3.19. The second-order valence-corrected chi connectivity index (χ2v) is 8.60. The van der Waals surface area contributed by atoms with Crippen LogP contribution in [0.1, 0.15) is 32.9 Å². The van der Waals surface area contributed by atoms with E-state index in [1.54, 1.807) is 25.2 Å². The van der Waals surface area contributed by atoms with Crippen molar-refractivity contribution in [1.82, 2.24) is 9.47 Å². The van der Waals surface area contributed by atoms with E-state index in [1.807, 2.05) is 48.1 Å². The molecule has 0 atom stereocenters. The molecule has 3 heterocycles. The van der Waals surface area contributed by atoms with Crippen molar-refractivity contribution in [2.24, 2.45) is 0 Å². The van der Waals surface area contributed by atoms with Gasteiger partial charge in [0.15, 0.2) is 18.1 Å². The zero-order valence-electron chi connectivity index (χ0n) is 18.6. The lowest BCUT2D eigenvalue weighted by atomic mass is 9.99. The zero-order valence-corrected chi connectivity index (χ0v) is 19.5. The number of aromatic nitrogens is 1. The summed E-state index contributed by atoms with van der Waals surface area (Å²) in [6.45, 7) is 4.69. The van der Waals surface area contributed by atoms with Crippen molar-refractivity contribution in [3.63, 3.8) is 0 Å². The van der Waals surface area contributed by atoms with E-state index in [9.17, 15) is 9.59 Å². The van der Waals surface area contributed by atoms with Gasteiger partial charge in [-0.05, 0) is 67.1 Å². The summed E-state index contributed by atoms with van der Waals surface area (Å²) in [6, 6.07) is 9.61. The van der Waals surface area contributed by atoms with Gasteiger partial charge >= 0.3 is 5.97 Å². The molecule has 0 fully saturated rings. The van der Waals surface area contributed by atoms with Crippen molar-refractivity contribution in [2.45, 2.75) is 26.8 Å². The molecular formula is C24H26N2O5S. The number of fused-ring (bicyclic) bond motifs is 1. The van der Waals surface area contributed by atoms with E-state index in [4.69, 9.17) is 14.2 Å². The largest absolute Gasteiger partial charge is 0.493 e. The molecular weight excluding hydrogens is 428 g/mol. The third-order valence-corrected chi connectivity index (χ3v) is 6.63. The van der Waals surface area contributed by atoms with Gasteiger partial charge in [-0.1, -0.05) is 0 Å². The summed E-state index contributed by atoms with van der Waals surface area (Å²) in [4.78, 5) is 27.2. The number of nitrogens with zero attached hydrogens (tertiary/aromatic N) is 2. The van der Waals surface area contributed by atoms with Crippen LogP contribution in [0.25, 0.3) is 5.00 Å². The van der Waals surface area contributed by atoms with Crippen molar-refractivity contribution < 1.29 is 23.8 Å². The van der Waals surface area contributed by atoms with Crippen molar-refractivity contribution >= 4 is 23.2 Å². The van der Waals surface area contributed by atoms with Gasteiger partial charge in [-0.3, -0.25) is 4.79 Å². The number of hydrogen-bond donors (Lipinski definition) is 0. The van der Waals surface area contributed by atoms with Crippen LogP contribution in [-0.2, 0) is 22.5 Å². The minimum absolute atomic E-state index is 0.219. The predicted molar refractivity (Wildman–Crippen MR) is 122 cm³/mol. The number of methoxy groups -OCH3 is 2. The fourth-order valence-corrected chi connectivity index (χ4v) is 5.02. The molecule has 0 aliphatic carbocycles. The van der Waals surface area contributed by atoms with E-state index in [1.165, 1.54) is 11.3 Å². The monoisotopic (exact) mass is 454 g/mol. The van der Waals surface area contributed by atoms with Crippen molar-refractivity contribution in [1.29, 1.82) is 0 Å². The first kappa shape index (κ1) is 22.0. The summed E-state index contributed by atoms with van der Waals surface area (Å²) >= 11 is 1.47. The Morgan fingerprint density at radius 1 is 1.00 bits per heavy atom. The van der Waals surface area contributed by atoms with E-state index in [0.29, 0.717) is 36.6 Å². The van der Waals surface area contributed by atoms with E-state index in [0.717, 1.165) is 27.5 Å². The minimum atomic E-state index is -0.495. The summed E-state index contributed by atoms with van der Waals surface area (Å²) in [5.41, 5.74) is 4.67. The zero-order chi connectivity index (χ0) is 22.8. The highest BCUT2D eigenvalue weighted by molar-refractivity contribution is 7.13. The van der Waals surface area contributed by atoms with Gasteiger partial charge in [0, 0.05) is 24.5 Å². The van der Waals surface area contributed by atoms with Gasteiger partial charge in [0.2, 0.25) is 0 Å². The number of carbonyl (C=O) groups is 2. The van der Waals surface area contributed by atoms with E-state index < -0.39 is 5.97 Å². The molecule has 0 unspecified atom stereocenters. The van der Waals surface area contributed by atoms with Crippen molar-refractivity contribution in [3.05, 3.63) is 63.8 Å². The molecule has 4 rings (SSSR count). The highest BCUT2D eigenvalue weighted by Gasteiger charge is 2.25. The molecule has 1 aromatic carbocycles. The molecule has 0 saturated heterocycles. The summed E-state index contributed by atoms with van der Waals surface area (Å²) < 4.78 is 18.2. The third kappa shape index (κ3) is 4.10. The number of ether oxygens (including phenoxy) is 3. The van der Waals surface area contributed by atoms with Gasteiger partial charge in [-0.2, -0.15) is 0 Å². The number of amides is 1. The van der Waals surface area contributed by atoms with Crippen LogP contribution in [0.4, 0.5) is 0 Å². The highest BCUT2D eigenvalue weighted by atomic mass is 32.1. The molecule has 1 amide bonds. The van der Waals surface area contributed by atoms with Crippen LogP contribution in [-0.4, -0.2) is 48.7 Å². The molecule has 0 spiro atoms. The Bertz CT molecular complexity index is 1140. The Hall–Kier alpha value is -3.26. The van der Waals surface area contributed by atoms with Crippen LogP contribution >= 0.6 is 11.3 Å². The van der Waals surface area contributed by atoms with E-state index >= 15 is 0 Å². The van der Waals surface area contributed by atoms with Crippen LogP contribution in [0.3, 0.4) is 0 Å². The quantitative estimate of drug-likeness (QED) is 0.528. The molecule has 2 aromatic heterocycles. The third-order valence-electron chi connectivity index (χ3n) is 5.74. The van der Waals surface area contributed by atoms with Crippen LogP contribution in [0.15, 0.2) is 35.7 Å². The molecule has 1 aliphatic rings. The maximum Gasteiger partial charge on any atom is 0.341 e. The number of thiophene rings is 1. The first-order valence-electron chi connectivity index (χ1n) is 10.3. The van der Waals surface area contributed by atoms with Crippen LogP contribution in [0, 0.1) is 13.8 Å². The summed E-state index contributed by atoms with van der Waals surface area (Å²) in [5, 5.41) is 2.66. The van der Waals surface area contributed by atoms with Gasteiger partial charge in [0.05, 0.1) is 19.8 Å². The topological polar surface area (TPSA) is 70.0 Å². The van der Waals surface area contributed by atoms with Gasteiger partial charge in [-0.25, -0.2) is 4.79 Å². The first-order valence-corrected chi connectivity index (χ1v) is 11.2. The first-order chi connectivity index (χ1) is 15.4. The number of rotatable bonds is 6. The average Bonchev–Trinajstić information content (AvgIpc) is 3.41. The Kier molecular flexibility index (Phi) is 6.23. The second kappa shape index (κ2) is 9.08. The Labute approximate surface area is 191 Å². The van der Waals surface area contributed by atoms with Crippen molar-refractivity contribution in [3.8, 4) is 16.5 Å². The molecule has 32 heavy (non-hydrogen) atoms. The Morgan fingerprint density at radius 2 is 1.66 bits per heavy atom. The number of hydrogen-bond acceptors (Lipinski definition) is 6. The number of esters is 1. The molecule has 8 heteroatoms. The van der Waals surface area contributed by atoms with Crippen molar-refractivity contribution in [2.75, 3.05) is 27.4 Å². The van der Waals surface area contributed by atoms with Crippen LogP contribution < -0.4 is 9.47 Å². The summed E-state index contributed by atoms with van der Waals surface area (Å²) in [5.74, 6) is 0.599. The molecule has 3 aromatic rings. The second-order valence-electron chi connectivity index (χ2n) is 7.71. The summed E-state index contributed by atoms with van der Waals surface area (Å²) in [6.07, 6.45) is 0.705. The lowest BCUT2D eigenvalue weighted by Crippen LogP contribution is -2.38. The Balaban J connectivity index is 1.42. The lowest BCUT2D eigenvalue weighted by molar-refractivity contribution is -0.135. The number of aryl methyl sites for hydroxylation is 2. The lowest BCUT2D eigenvalue weighted by Gasteiger charge is -2.29. The van der Waals surface area contributed by atoms with Gasteiger partial charge < -0.3 is 23.7 Å². The van der Waals surface area contributed by atoms with Crippen LogP contribution in [0.5, 0.6) is 11.5 Å².